The van der Waals surface area contributed by atoms with Crippen molar-refractivity contribution in [3.05, 3.63) is 23.0 Å². The highest BCUT2D eigenvalue weighted by atomic mass is 35.5. The van der Waals surface area contributed by atoms with Crippen LogP contribution in [0.1, 0.15) is 38.7 Å². The molecule has 3 atom stereocenters. The predicted molar refractivity (Wildman–Crippen MR) is 73.6 cm³/mol. The number of halogens is 1. The van der Waals surface area contributed by atoms with Gasteiger partial charge in [-0.2, -0.15) is 0 Å². The first-order valence-corrected chi connectivity index (χ1v) is 6.84. The van der Waals surface area contributed by atoms with Crippen molar-refractivity contribution in [2.75, 3.05) is 5.32 Å². The molecule has 1 aliphatic rings. The van der Waals surface area contributed by atoms with Gasteiger partial charge in [0.05, 0.1) is 11.9 Å². The van der Waals surface area contributed by atoms with Gasteiger partial charge in [0.25, 0.3) is 0 Å². The summed E-state index contributed by atoms with van der Waals surface area (Å²) < 4.78 is 0. The SMILES string of the molecule is Cc1cc(NC2CCCC(C)C2C)cnc1Cl. The molecule has 0 spiro atoms. The van der Waals surface area contributed by atoms with Gasteiger partial charge in [-0.05, 0) is 36.8 Å². The molecule has 1 heterocycles. The number of anilines is 1. The molecule has 0 saturated heterocycles. The van der Waals surface area contributed by atoms with Crippen molar-refractivity contribution in [2.45, 2.75) is 46.1 Å². The Morgan fingerprint density at radius 1 is 1.35 bits per heavy atom. The smallest absolute Gasteiger partial charge is 0.132 e. The quantitative estimate of drug-likeness (QED) is 0.795. The van der Waals surface area contributed by atoms with E-state index < -0.39 is 0 Å². The lowest BCUT2D eigenvalue weighted by Gasteiger charge is -2.35. The Labute approximate surface area is 109 Å². The number of nitrogens with one attached hydrogen (secondary N) is 1. The monoisotopic (exact) mass is 252 g/mol. The molecule has 0 amide bonds. The minimum absolute atomic E-state index is 0.570. The molecule has 3 heteroatoms. The number of aromatic nitrogens is 1. The maximum Gasteiger partial charge on any atom is 0.132 e. The van der Waals surface area contributed by atoms with E-state index in [1.807, 2.05) is 13.1 Å². The van der Waals surface area contributed by atoms with Gasteiger partial charge in [0, 0.05) is 6.04 Å². The number of rotatable bonds is 2. The molecule has 1 saturated carbocycles. The second kappa shape index (κ2) is 5.26. The van der Waals surface area contributed by atoms with Gasteiger partial charge >= 0.3 is 0 Å². The Morgan fingerprint density at radius 3 is 2.82 bits per heavy atom. The lowest BCUT2D eigenvalue weighted by molar-refractivity contribution is 0.253. The summed E-state index contributed by atoms with van der Waals surface area (Å²) in [4.78, 5) is 4.19. The zero-order valence-corrected chi connectivity index (χ0v) is 11.6. The van der Waals surface area contributed by atoms with Crippen LogP contribution in [0.5, 0.6) is 0 Å². The van der Waals surface area contributed by atoms with Crippen molar-refractivity contribution in [2.24, 2.45) is 11.8 Å². The Hall–Kier alpha value is -0.760. The van der Waals surface area contributed by atoms with Gasteiger partial charge in [-0.3, -0.25) is 0 Å². The van der Waals surface area contributed by atoms with Gasteiger partial charge in [-0.15, -0.1) is 0 Å². The fourth-order valence-corrected chi connectivity index (χ4v) is 2.74. The van der Waals surface area contributed by atoms with Crippen LogP contribution < -0.4 is 5.32 Å². The van der Waals surface area contributed by atoms with E-state index in [-0.39, 0.29) is 0 Å². The van der Waals surface area contributed by atoms with Crippen LogP contribution in [0.15, 0.2) is 12.3 Å². The molecule has 2 rings (SSSR count). The number of aryl methyl sites for hydroxylation is 1. The molecule has 94 valence electrons. The first-order valence-electron chi connectivity index (χ1n) is 6.46. The number of hydrogen-bond donors (Lipinski definition) is 1. The summed E-state index contributed by atoms with van der Waals surface area (Å²) in [5, 5.41) is 4.21. The minimum atomic E-state index is 0.570. The normalized spacial score (nSPS) is 29.1. The zero-order chi connectivity index (χ0) is 12.4. The van der Waals surface area contributed by atoms with Crippen LogP contribution in [0.3, 0.4) is 0 Å². The molecule has 0 bridgehead atoms. The average molecular weight is 253 g/mol. The molecule has 3 unspecified atom stereocenters. The van der Waals surface area contributed by atoms with Crippen molar-refractivity contribution in [3.63, 3.8) is 0 Å². The van der Waals surface area contributed by atoms with Crippen LogP contribution in [-0.4, -0.2) is 11.0 Å². The van der Waals surface area contributed by atoms with Crippen molar-refractivity contribution in [1.82, 2.24) is 4.98 Å². The molecular formula is C14H21ClN2. The Morgan fingerprint density at radius 2 is 2.12 bits per heavy atom. The van der Waals surface area contributed by atoms with Gasteiger partial charge < -0.3 is 5.32 Å². The lowest BCUT2D eigenvalue weighted by atomic mass is 9.78. The summed E-state index contributed by atoms with van der Waals surface area (Å²) >= 11 is 5.94. The number of hydrogen-bond acceptors (Lipinski definition) is 2. The van der Waals surface area contributed by atoms with E-state index >= 15 is 0 Å². The predicted octanol–water partition coefficient (Wildman–Crippen LogP) is 4.28. The summed E-state index contributed by atoms with van der Waals surface area (Å²) in [6.45, 7) is 6.69. The second-order valence-electron chi connectivity index (χ2n) is 5.35. The summed E-state index contributed by atoms with van der Waals surface area (Å²) in [6.07, 6.45) is 5.77. The molecule has 1 fully saturated rings. The molecule has 1 aliphatic carbocycles. The van der Waals surface area contributed by atoms with E-state index in [0.29, 0.717) is 11.2 Å². The summed E-state index contributed by atoms with van der Waals surface area (Å²) in [7, 11) is 0. The first-order chi connectivity index (χ1) is 8.08. The fourth-order valence-electron chi connectivity index (χ4n) is 2.64. The van der Waals surface area contributed by atoms with Gasteiger partial charge in [0.15, 0.2) is 0 Å². The number of pyridine rings is 1. The Bertz CT molecular complexity index is 392. The average Bonchev–Trinajstić information content (AvgIpc) is 2.30. The van der Waals surface area contributed by atoms with Crippen molar-refractivity contribution in [1.29, 1.82) is 0 Å². The number of nitrogens with zero attached hydrogens (tertiary/aromatic N) is 1. The third kappa shape index (κ3) is 2.92. The molecule has 2 nitrogen and oxygen atoms in total. The summed E-state index contributed by atoms with van der Waals surface area (Å²) in [5.41, 5.74) is 2.13. The first kappa shape index (κ1) is 12.7. The molecule has 1 N–H and O–H groups in total. The molecule has 17 heavy (non-hydrogen) atoms. The van der Waals surface area contributed by atoms with E-state index in [4.69, 9.17) is 11.6 Å². The highest BCUT2D eigenvalue weighted by Crippen LogP contribution is 2.31. The largest absolute Gasteiger partial charge is 0.381 e. The maximum absolute atomic E-state index is 5.94. The minimum Gasteiger partial charge on any atom is -0.381 e. The van der Waals surface area contributed by atoms with Crippen LogP contribution in [0.4, 0.5) is 5.69 Å². The van der Waals surface area contributed by atoms with E-state index in [1.54, 1.807) is 0 Å². The van der Waals surface area contributed by atoms with Gasteiger partial charge in [0.2, 0.25) is 0 Å². The zero-order valence-electron chi connectivity index (χ0n) is 10.8. The van der Waals surface area contributed by atoms with Gasteiger partial charge in [-0.25, -0.2) is 4.98 Å². The van der Waals surface area contributed by atoms with Crippen molar-refractivity contribution >= 4 is 17.3 Å². The lowest BCUT2D eigenvalue weighted by Crippen LogP contribution is -2.35. The fraction of sp³-hybridized carbons (Fsp3) is 0.643. The van der Waals surface area contributed by atoms with Crippen molar-refractivity contribution in [3.8, 4) is 0 Å². The molecular weight excluding hydrogens is 232 g/mol. The standard InChI is InChI=1S/C14H21ClN2/c1-9-5-4-6-13(11(9)3)17-12-7-10(2)14(15)16-8-12/h7-9,11,13,17H,4-6H2,1-3H3. The van der Waals surface area contributed by atoms with Crippen LogP contribution in [-0.2, 0) is 0 Å². The van der Waals surface area contributed by atoms with Gasteiger partial charge in [-0.1, -0.05) is 38.3 Å². The molecule has 0 radical (unpaired) electrons. The third-order valence-corrected chi connectivity index (χ3v) is 4.47. The summed E-state index contributed by atoms with van der Waals surface area (Å²) in [6, 6.07) is 2.66. The van der Waals surface area contributed by atoms with Gasteiger partial charge in [0.1, 0.15) is 5.15 Å². The van der Waals surface area contributed by atoms with Crippen LogP contribution in [0.25, 0.3) is 0 Å². The summed E-state index contributed by atoms with van der Waals surface area (Å²) in [5.74, 6) is 1.53. The van der Waals surface area contributed by atoms with E-state index in [2.05, 4.69) is 30.2 Å². The Balaban J connectivity index is 2.07. The third-order valence-electron chi connectivity index (χ3n) is 4.07. The molecule has 0 aliphatic heterocycles. The van der Waals surface area contributed by atoms with E-state index in [1.165, 1.54) is 19.3 Å². The van der Waals surface area contributed by atoms with Crippen LogP contribution >= 0.6 is 11.6 Å². The topological polar surface area (TPSA) is 24.9 Å². The van der Waals surface area contributed by atoms with Crippen LogP contribution in [0.2, 0.25) is 5.15 Å². The molecule has 0 aromatic carbocycles. The second-order valence-corrected chi connectivity index (χ2v) is 5.71. The van der Waals surface area contributed by atoms with E-state index in [0.717, 1.165) is 23.1 Å². The maximum atomic E-state index is 5.94. The van der Waals surface area contributed by atoms with Crippen LogP contribution in [0, 0.1) is 18.8 Å². The highest BCUT2D eigenvalue weighted by Gasteiger charge is 2.26. The Kier molecular flexibility index (Phi) is 3.93. The molecule has 1 aromatic rings. The highest BCUT2D eigenvalue weighted by molar-refractivity contribution is 6.30. The molecule has 1 aromatic heterocycles. The van der Waals surface area contributed by atoms with Crippen molar-refractivity contribution < 1.29 is 0 Å². The van der Waals surface area contributed by atoms with E-state index in [9.17, 15) is 0 Å².